The summed E-state index contributed by atoms with van der Waals surface area (Å²) < 4.78 is 27.2. The first-order chi connectivity index (χ1) is 21.4. The molecule has 0 saturated carbocycles. The van der Waals surface area contributed by atoms with Crippen molar-refractivity contribution in [3.05, 3.63) is 65.2 Å². The molecule has 0 aliphatic carbocycles. The molecule has 240 valence electrons. The van der Waals surface area contributed by atoms with Gasteiger partial charge in [0, 0.05) is 12.8 Å². The number of imide groups is 1. The molecule has 2 N–H and O–H groups in total. The molecule has 44 heavy (non-hydrogen) atoms. The molecule has 1 aliphatic heterocycles. The average molecular weight is 615 g/mol. The van der Waals surface area contributed by atoms with Gasteiger partial charge in [0.25, 0.3) is 11.8 Å². The van der Waals surface area contributed by atoms with Crippen molar-refractivity contribution in [3.63, 3.8) is 0 Å². The number of phenolic OH excluding ortho intramolecular Hbond substituents is 1. The summed E-state index contributed by atoms with van der Waals surface area (Å²) in [5.74, 6) is -1.31. The zero-order chi connectivity index (χ0) is 31.6. The molecule has 0 spiro atoms. The summed E-state index contributed by atoms with van der Waals surface area (Å²) in [7, 11) is 0. The van der Waals surface area contributed by atoms with E-state index >= 15 is 0 Å². The summed E-state index contributed by atoms with van der Waals surface area (Å²) in [5, 5.41) is 12.2. The third kappa shape index (κ3) is 11.7. The molecule has 0 unspecified atom stereocenters. The van der Waals surface area contributed by atoms with Gasteiger partial charge in [-0.3, -0.25) is 19.3 Å². The van der Waals surface area contributed by atoms with E-state index in [0.717, 1.165) is 18.4 Å². The summed E-state index contributed by atoms with van der Waals surface area (Å²) in [4.78, 5) is 50.8. The Morgan fingerprint density at radius 2 is 1.32 bits per heavy atom. The lowest BCUT2D eigenvalue weighted by molar-refractivity contribution is -0.148. The van der Waals surface area contributed by atoms with Crippen molar-refractivity contribution in [2.24, 2.45) is 0 Å². The van der Waals surface area contributed by atoms with Gasteiger partial charge in [0.2, 0.25) is 5.91 Å². The van der Waals surface area contributed by atoms with Crippen LogP contribution in [0, 0.1) is 0 Å². The van der Waals surface area contributed by atoms with Crippen LogP contribution in [-0.4, -0.2) is 106 Å². The molecule has 1 atom stereocenters. The van der Waals surface area contributed by atoms with Crippen molar-refractivity contribution in [3.8, 4) is 5.75 Å². The van der Waals surface area contributed by atoms with Gasteiger partial charge in [0.05, 0.1) is 77.1 Å². The Labute approximate surface area is 257 Å². The normalized spacial score (nSPS) is 13.2. The van der Waals surface area contributed by atoms with Crippen LogP contribution in [0.15, 0.2) is 48.5 Å². The van der Waals surface area contributed by atoms with Crippen molar-refractivity contribution < 1.29 is 48.0 Å². The molecule has 0 radical (unpaired) electrons. The molecule has 3 rings (SSSR count). The van der Waals surface area contributed by atoms with Gasteiger partial charge in [-0.1, -0.05) is 37.6 Å². The maximum Gasteiger partial charge on any atom is 0.328 e. The highest BCUT2D eigenvalue weighted by molar-refractivity contribution is 6.21. The number of nitrogens with zero attached hydrogens (tertiary/aromatic N) is 1. The van der Waals surface area contributed by atoms with Crippen molar-refractivity contribution in [2.45, 2.75) is 38.6 Å². The summed E-state index contributed by atoms with van der Waals surface area (Å²) >= 11 is 0. The Morgan fingerprint density at radius 1 is 0.773 bits per heavy atom. The Morgan fingerprint density at radius 3 is 1.89 bits per heavy atom. The third-order valence-electron chi connectivity index (χ3n) is 6.67. The smallest absolute Gasteiger partial charge is 0.328 e. The standard InChI is InChI=1S/C32H42N2O10/c1-2-3-14-44-32(39)28(23-24-8-10-25(35)11-9-24)33-29(36)12-15-40-17-19-42-21-22-43-20-18-41-16-13-34-30(37)26-6-4-5-7-27(26)31(34)38/h4-11,28,35H,2-3,12-23H2,1H3,(H,33,36)/t28-/m0/s1. The Balaban J connectivity index is 1.17. The molecule has 1 aliphatic rings. The zero-order valence-corrected chi connectivity index (χ0v) is 25.2. The number of rotatable bonds is 22. The number of phenols is 1. The van der Waals surface area contributed by atoms with E-state index in [-0.39, 0.29) is 56.1 Å². The van der Waals surface area contributed by atoms with E-state index in [4.69, 9.17) is 23.7 Å². The predicted octanol–water partition coefficient (Wildman–Crippen LogP) is 2.52. The maximum absolute atomic E-state index is 12.5. The van der Waals surface area contributed by atoms with Crippen LogP contribution < -0.4 is 5.32 Å². The van der Waals surface area contributed by atoms with Gasteiger partial charge in [-0.05, 0) is 36.2 Å². The zero-order valence-electron chi connectivity index (χ0n) is 25.2. The van der Waals surface area contributed by atoms with Crippen LogP contribution >= 0.6 is 0 Å². The quantitative estimate of drug-likeness (QED) is 0.115. The lowest BCUT2D eigenvalue weighted by Gasteiger charge is -2.18. The minimum atomic E-state index is -0.839. The maximum atomic E-state index is 12.5. The number of fused-ring (bicyclic) bond motifs is 1. The van der Waals surface area contributed by atoms with E-state index in [9.17, 15) is 24.3 Å². The van der Waals surface area contributed by atoms with E-state index < -0.39 is 12.0 Å². The fraction of sp³-hybridized carbons (Fsp3) is 0.500. The number of hydrogen-bond acceptors (Lipinski definition) is 10. The number of unbranched alkanes of at least 4 members (excludes halogenated alkanes) is 1. The van der Waals surface area contributed by atoms with Gasteiger partial charge in [-0.25, -0.2) is 4.79 Å². The summed E-state index contributed by atoms with van der Waals surface area (Å²) in [6.07, 6.45) is 1.95. The molecular formula is C32H42N2O10. The van der Waals surface area contributed by atoms with Gasteiger partial charge in [0.15, 0.2) is 0 Å². The molecule has 0 aromatic heterocycles. The highest BCUT2D eigenvalue weighted by Crippen LogP contribution is 2.21. The lowest BCUT2D eigenvalue weighted by Crippen LogP contribution is -2.43. The summed E-state index contributed by atoms with van der Waals surface area (Å²) in [6.45, 7) is 4.87. The van der Waals surface area contributed by atoms with Crippen LogP contribution in [0.25, 0.3) is 0 Å². The first kappa shape index (κ1) is 34.6. The third-order valence-corrected chi connectivity index (χ3v) is 6.67. The van der Waals surface area contributed by atoms with Crippen LogP contribution in [0.2, 0.25) is 0 Å². The van der Waals surface area contributed by atoms with E-state index in [0.29, 0.717) is 57.4 Å². The second-order valence-electron chi connectivity index (χ2n) is 10.0. The van der Waals surface area contributed by atoms with Crippen molar-refractivity contribution in [1.82, 2.24) is 10.2 Å². The van der Waals surface area contributed by atoms with Gasteiger partial charge in [0.1, 0.15) is 11.8 Å². The van der Waals surface area contributed by atoms with Crippen molar-refractivity contribution in [1.29, 1.82) is 0 Å². The topological polar surface area (TPSA) is 150 Å². The number of nitrogens with one attached hydrogen (secondary N) is 1. The van der Waals surface area contributed by atoms with Gasteiger partial charge >= 0.3 is 5.97 Å². The minimum Gasteiger partial charge on any atom is -0.508 e. The minimum absolute atomic E-state index is 0.0739. The predicted molar refractivity (Wildman–Crippen MR) is 159 cm³/mol. The molecule has 0 bridgehead atoms. The molecule has 0 fully saturated rings. The van der Waals surface area contributed by atoms with E-state index in [1.165, 1.54) is 17.0 Å². The fourth-order valence-corrected chi connectivity index (χ4v) is 4.27. The molecule has 2 aromatic rings. The largest absolute Gasteiger partial charge is 0.508 e. The van der Waals surface area contributed by atoms with Crippen molar-refractivity contribution >= 4 is 23.7 Å². The number of hydrogen-bond donors (Lipinski definition) is 2. The lowest BCUT2D eigenvalue weighted by atomic mass is 10.1. The highest BCUT2D eigenvalue weighted by atomic mass is 16.6. The Bertz CT molecular complexity index is 1170. The number of benzene rings is 2. The first-order valence-corrected chi connectivity index (χ1v) is 14.9. The molecule has 2 aromatic carbocycles. The van der Waals surface area contributed by atoms with E-state index in [1.54, 1.807) is 36.4 Å². The van der Waals surface area contributed by atoms with Gasteiger partial charge < -0.3 is 34.1 Å². The number of aromatic hydroxyl groups is 1. The molecule has 12 nitrogen and oxygen atoms in total. The fourth-order valence-electron chi connectivity index (χ4n) is 4.27. The second kappa shape index (κ2) is 19.4. The monoisotopic (exact) mass is 614 g/mol. The van der Waals surface area contributed by atoms with Crippen LogP contribution in [-0.2, 0) is 39.7 Å². The van der Waals surface area contributed by atoms with Crippen LogP contribution in [0.1, 0.15) is 52.5 Å². The molecule has 0 saturated heterocycles. The number of carbonyl (C=O) groups is 4. The van der Waals surface area contributed by atoms with Crippen molar-refractivity contribution in [2.75, 3.05) is 66.0 Å². The van der Waals surface area contributed by atoms with Crippen LogP contribution in [0.5, 0.6) is 5.75 Å². The average Bonchev–Trinajstić information content (AvgIpc) is 3.26. The van der Waals surface area contributed by atoms with Gasteiger partial charge in [-0.15, -0.1) is 0 Å². The van der Waals surface area contributed by atoms with Crippen LogP contribution in [0.3, 0.4) is 0 Å². The number of esters is 1. The summed E-state index contributed by atoms with van der Waals surface area (Å²) in [5.41, 5.74) is 1.62. The molecule has 3 amide bonds. The number of amides is 3. The summed E-state index contributed by atoms with van der Waals surface area (Å²) in [6, 6.07) is 12.4. The molecular weight excluding hydrogens is 572 g/mol. The Hall–Kier alpha value is -3.84. The molecule has 12 heteroatoms. The van der Waals surface area contributed by atoms with E-state index in [2.05, 4.69) is 5.32 Å². The number of carbonyl (C=O) groups excluding carboxylic acids is 4. The van der Waals surface area contributed by atoms with Gasteiger partial charge in [-0.2, -0.15) is 0 Å². The Kier molecular flexibility index (Phi) is 15.3. The molecule has 1 heterocycles. The first-order valence-electron chi connectivity index (χ1n) is 14.9. The second-order valence-corrected chi connectivity index (χ2v) is 10.0. The highest BCUT2D eigenvalue weighted by Gasteiger charge is 2.34. The SMILES string of the molecule is CCCCOC(=O)[C@H](Cc1ccc(O)cc1)NC(=O)CCOCCOCCOCCOCCN1C(=O)c2ccccc2C1=O. The van der Waals surface area contributed by atoms with E-state index in [1.807, 2.05) is 6.92 Å². The van der Waals surface area contributed by atoms with Crippen LogP contribution in [0.4, 0.5) is 0 Å². The number of ether oxygens (including phenoxy) is 5.